The number of hydrogen-bond donors (Lipinski definition) is 1. The maximum absolute atomic E-state index is 12.2. The van der Waals surface area contributed by atoms with Gasteiger partial charge in [-0.2, -0.15) is 18.3 Å². The molecule has 2 aromatic rings. The summed E-state index contributed by atoms with van der Waals surface area (Å²) in [5, 5.41) is 7.51. The summed E-state index contributed by atoms with van der Waals surface area (Å²) in [5.41, 5.74) is 0.0189. The Labute approximate surface area is 87.0 Å². The molecule has 0 aromatic carbocycles. The smallest absolute Gasteiger partial charge is 0.282 e. The van der Waals surface area contributed by atoms with Crippen LogP contribution in [0.2, 0.25) is 0 Å². The van der Waals surface area contributed by atoms with E-state index >= 15 is 0 Å². The SMILES string of the molecule is [CH2]c1cc(-c2nc(C(F)(F)F)cs2)n[nH]1. The number of aromatic nitrogens is 3. The van der Waals surface area contributed by atoms with Crippen molar-refractivity contribution in [3.8, 4) is 10.7 Å². The van der Waals surface area contributed by atoms with Gasteiger partial charge in [-0.05, 0) is 13.0 Å². The zero-order chi connectivity index (χ0) is 11.1. The normalized spacial score (nSPS) is 12.0. The van der Waals surface area contributed by atoms with E-state index in [4.69, 9.17) is 0 Å². The molecule has 0 saturated carbocycles. The third-order valence-corrected chi connectivity index (χ3v) is 2.51. The molecule has 0 saturated heterocycles. The fourth-order valence-corrected chi connectivity index (χ4v) is 1.78. The van der Waals surface area contributed by atoms with Gasteiger partial charge in [0.25, 0.3) is 0 Å². The number of halogens is 3. The topological polar surface area (TPSA) is 41.6 Å². The van der Waals surface area contributed by atoms with Crippen LogP contribution in [-0.4, -0.2) is 15.2 Å². The second kappa shape index (κ2) is 3.34. The van der Waals surface area contributed by atoms with Crippen LogP contribution in [0.15, 0.2) is 11.4 Å². The lowest BCUT2D eigenvalue weighted by molar-refractivity contribution is -0.140. The summed E-state index contributed by atoms with van der Waals surface area (Å²) in [6.07, 6.45) is -4.40. The van der Waals surface area contributed by atoms with Crippen LogP contribution in [0.5, 0.6) is 0 Å². The molecule has 0 fully saturated rings. The Morgan fingerprint density at radius 3 is 2.60 bits per heavy atom. The van der Waals surface area contributed by atoms with E-state index in [-0.39, 0.29) is 5.01 Å². The van der Waals surface area contributed by atoms with Gasteiger partial charge in [-0.15, -0.1) is 11.3 Å². The zero-order valence-electron chi connectivity index (χ0n) is 7.30. The predicted molar refractivity (Wildman–Crippen MR) is 49.2 cm³/mol. The summed E-state index contributed by atoms with van der Waals surface area (Å²) in [7, 11) is 0. The van der Waals surface area contributed by atoms with Crippen LogP contribution in [0, 0.1) is 6.92 Å². The van der Waals surface area contributed by atoms with Gasteiger partial charge in [0.2, 0.25) is 0 Å². The Bertz CT molecular complexity index is 471. The molecule has 2 heterocycles. The Hall–Kier alpha value is -1.37. The molecule has 0 aliphatic carbocycles. The van der Waals surface area contributed by atoms with Crippen molar-refractivity contribution in [2.24, 2.45) is 0 Å². The number of hydrogen-bond acceptors (Lipinski definition) is 3. The fraction of sp³-hybridized carbons (Fsp3) is 0.125. The number of thiazole rings is 1. The van der Waals surface area contributed by atoms with Crippen LogP contribution >= 0.6 is 11.3 Å². The maximum Gasteiger partial charge on any atom is 0.434 e. The molecular formula is C8H5F3N3S. The molecule has 0 unspecified atom stereocenters. The quantitative estimate of drug-likeness (QED) is 0.821. The average Bonchev–Trinajstić information content (AvgIpc) is 2.69. The molecule has 79 valence electrons. The number of alkyl halides is 3. The van der Waals surface area contributed by atoms with Crippen molar-refractivity contribution in [1.82, 2.24) is 15.2 Å². The second-order valence-electron chi connectivity index (χ2n) is 2.81. The van der Waals surface area contributed by atoms with E-state index in [2.05, 4.69) is 22.1 Å². The first kappa shape index (κ1) is 10.2. The van der Waals surface area contributed by atoms with E-state index in [1.807, 2.05) is 0 Å². The summed E-state index contributed by atoms with van der Waals surface area (Å²) < 4.78 is 36.7. The largest absolute Gasteiger partial charge is 0.434 e. The number of nitrogens with zero attached hydrogens (tertiary/aromatic N) is 2. The van der Waals surface area contributed by atoms with Gasteiger partial charge in [-0.3, -0.25) is 5.10 Å². The van der Waals surface area contributed by atoms with E-state index in [1.165, 1.54) is 0 Å². The maximum atomic E-state index is 12.2. The van der Waals surface area contributed by atoms with Gasteiger partial charge in [0.15, 0.2) is 5.69 Å². The van der Waals surface area contributed by atoms with E-state index in [1.54, 1.807) is 6.07 Å². The Balaban J connectivity index is 2.36. The molecule has 2 rings (SSSR count). The Kier molecular flexibility index (Phi) is 2.26. The first-order chi connectivity index (χ1) is 6.97. The molecule has 2 aromatic heterocycles. The third-order valence-electron chi connectivity index (χ3n) is 1.64. The van der Waals surface area contributed by atoms with Crippen LogP contribution in [0.25, 0.3) is 10.7 Å². The Morgan fingerprint density at radius 1 is 1.40 bits per heavy atom. The van der Waals surface area contributed by atoms with Crippen molar-refractivity contribution in [2.75, 3.05) is 0 Å². The molecule has 1 radical (unpaired) electrons. The second-order valence-corrected chi connectivity index (χ2v) is 3.67. The van der Waals surface area contributed by atoms with Gasteiger partial charge in [-0.25, -0.2) is 4.98 Å². The molecule has 0 atom stereocenters. The van der Waals surface area contributed by atoms with Crippen molar-refractivity contribution in [3.63, 3.8) is 0 Å². The summed E-state index contributed by atoms with van der Waals surface area (Å²) >= 11 is 0.901. The predicted octanol–water partition coefficient (Wildman–Crippen LogP) is 2.73. The van der Waals surface area contributed by atoms with Crippen molar-refractivity contribution in [2.45, 2.75) is 6.18 Å². The molecule has 0 aliphatic rings. The van der Waals surface area contributed by atoms with Gasteiger partial charge < -0.3 is 0 Å². The van der Waals surface area contributed by atoms with E-state index in [9.17, 15) is 13.2 Å². The number of nitrogens with one attached hydrogen (secondary N) is 1. The molecule has 0 amide bonds. The number of rotatable bonds is 1. The van der Waals surface area contributed by atoms with E-state index in [0.29, 0.717) is 11.4 Å². The standard InChI is InChI=1S/C8H5F3N3S/c1-4-2-5(14-13-4)7-12-6(3-15-7)8(9,10)11/h2-3H,1H2,(H,13,14). The summed E-state index contributed by atoms with van der Waals surface area (Å²) in [6.45, 7) is 3.56. The van der Waals surface area contributed by atoms with Crippen molar-refractivity contribution in [1.29, 1.82) is 0 Å². The number of aromatic amines is 1. The molecule has 0 spiro atoms. The first-order valence-corrected chi connectivity index (χ1v) is 4.75. The fourth-order valence-electron chi connectivity index (χ4n) is 0.993. The molecule has 7 heteroatoms. The van der Waals surface area contributed by atoms with Crippen LogP contribution in [0.3, 0.4) is 0 Å². The highest BCUT2D eigenvalue weighted by Crippen LogP contribution is 2.32. The molecule has 3 nitrogen and oxygen atoms in total. The van der Waals surface area contributed by atoms with Gasteiger partial charge in [0.1, 0.15) is 10.7 Å². The highest BCUT2D eigenvalue weighted by Gasteiger charge is 2.33. The average molecular weight is 232 g/mol. The lowest BCUT2D eigenvalue weighted by Crippen LogP contribution is -2.04. The minimum absolute atomic E-state index is 0.230. The molecule has 15 heavy (non-hydrogen) atoms. The van der Waals surface area contributed by atoms with Gasteiger partial charge in [-0.1, -0.05) is 0 Å². The van der Waals surface area contributed by atoms with Crippen LogP contribution in [0.1, 0.15) is 11.4 Å². The minimum Gasteiger partial charge on any atom is -0.282 e. The van der Waals surface area contributed by atoms with Crippen molar-refractivity contribution in [3.05, 3.63) is 29.8 Å². The molecular weight excluding hydrogens is 227 g/mol. The monoisotopic (exact) mass is 232 g/mol. The van der Waals surface area contributed by atoms with Crippen molar-refractivity contribution < 1.29 is 13.2 Å². The Morgan fingerprint density at radius 2 is 2.13 bits per heavy atom. The zero-order valence-corrected chi connectivity index (χ0v) is 8.11. The lowest BCUT2D eigenvalue weighted by Gasteiger charge is -1.99. The van der Waals surface area contributed by atoms with Crippen molar-refractivity contribution >= 4 is 11.3 Å². The highest BCUT2D eigenvalue weighted by molar-refractivity contribution is 7.13. The van der Waals surface area contributed by atoms with Gasteiger partial charge in [0.05, 0.1) is 0 Å². The summed E-state index contributed by atoms with van der Waals surface area (Å²) in [4.78, 5) is 3.45. The first-order valence-electron chi connectivity index (χ1n) is 3.87. The van der Waals surface area contributed by atoms with Gasteiger partial charge in [0, 0.05) is 11.1 Å². The third kappa shape index (κ3) is 2.01. The van der Waals surface area contributed by atoms with Gasteiger partial charge >= 0.3 is 6.18 Å². The van der Waals surface area contributed by atoms with E-state index in [0.717, 1.165) is 16.7 Å². The molecule has 0 aliphatic heterocycles. The molecule has 0 bridgehead atoms. The van der Waals surface area contributed by atoms with Crippen LogP contribution < -0.4 is 0 Å². The van der Waals surface area contributed by atoms with Crippen LogP contribution in [0.4, 0.5) is 13.2 Å². The number of H-pyrrole nitrogens is 1. The molecule has 1 N–H and O–H groups in total. The summed E-state index contributed by atoms with van der Waals surface area (Å²) in [6, 6.07) is 1.54. The van der Waals surface area contributed by atoms with Crippen LogP contribution in [-0.2, 0) is 6.18 Å². The van der Waals surface area contributed by atoms with E-state index < -0.39 is 11.9 Å². The lowest BCUT2D eigenvalue weighted by atomic mass is 10.4. The summed E-state index contributed by atoms with van der Waals surface area (Å²) in [5.74, 6) is 0. The highest BCUT2D eigenvalue weighted by atomic mass is 32.1. The minimum atomic E-state index is -4.40.